The van der Waals surface area contributed by atoms with Crippen molar-refractivity contribution < 1.29 is 9.47 Å². The Bertz CT molecular complexity index is 722. The number of likely N-dealkylation sites (tertiary alicyclic amines) is 1. The number of hydrogen-bond acceptors (Lipinski definition) is 4. The standard InChI is InChI=1S/C22H28N2O2/c1-3-22(26-20-10-8-19(23)9-11-20)12-14-24(15-13-22)16-17-25-21-7-5-4-6-18(21)2/h1,4-8,10H,9,11-17,23H2,2H3. The van der Waals surface area contributed by atoms with Crippen LogP contribution < -0.4 is 10.5 Å². The summed E-state index contributed by atoms with van der Waals surface area (Å²) in [5, 5.41) is 0. The summed E-state index contributed by atoms with van der Waals surface area (Å²) in [5.41, 5.74) is 7.39. The fourth-order valence-corrected chi connectivity index (χ4v) is 3.39. The number of aryl methyl sites for hydroxylation is 1. The fourth-order valence-electron chi connectivity index (χ4n) is 3.39. The Hall–Kier alpha value is -2.38. The third-order valence-electron chi connectivity index (χ3n) is 5.16. The van der Waals surface area contributed by atoms with E-state index in [0.717, 1.165) is 62.5 Å². The number of hydrogen-bond donors (Lipinski definition) is 1. The number of nitrogens with two attached hydrogens (primary N) is 1. The highest BCUT2D eigenvalue weighted by molar-refractivity contribution is 5.31. The van der Waals surface area contributed by atoms with Crippen LogP contribution in [0.15, 0.2) is 47.9 Å². The van der Waals surface area contributed by atoms with E-state index >= 15 is 0 Å². The largest absolute Gasteiger partial charge is 0.492 e. The Morgan fingerprint density at radius 3 is 2.62 bits per heavy atom. The number of piperidine rings is 1. The average Bonchev–Trinajstić information content (AvgIpc) is 2.67. The minimum Gasteiger partial charge on any atom is -0.492 e. The first-order chi connectivity index (χ1) is 12.6. The molecule has 4 nitrogen and oxygen atoms in total. The van der Waals surface area contributed by atoms with Gasteiger partial charge in [0.1, 0.15) is 12.4 Å². The number of nitrogens with zero attached hydrogens (tertiary/aromatic N) is 1. The Morgan fingerprint density at radius 1 is 1.19 bits per heavy atom. The van der Waals surface area contributed by atoms with Crippen molar-refractivity contribution in [3.8, 4) is 18.1 Å². The van der Waals surface area contributed by atoms with Gasteiger partial charge in [0, 0.05) is 44.6 Å². The number of allylic oxidation sites excluding steroid dienone is 4. The summed E-state index contributed by atoms with van der Waals surface area (Å²) < 4.78 is 12.1. The van der Waals surface area contributed by atoms with E-state index in [0.29, 0.717) is 6.61 Å². The molecular formula is C22H28N2O2. The van der Waals surface area contributed by atoms with Gasteiger partial charge in [-0.2, -0.15) is 0 Å². The minimum absolute atomic E-state index is 0.487. The number of benzene rings is 1. The molecule has 0 aromatic heterocycles. The predicted octanol–water partition coefficient (Wildman–Crippen LogP) is 3.38. The number of ether oxygens (including phenoxy) is 2. The van der Waals surface area contributed by atoms with E-state index in [2.05, 4.69) is 23.8 Å². The van der Waals surface area contributed by atoms with E-state index in [-0.39, 0.29) is 0 Å². The van der Waals surface area contributed by atoms with Crippen molar-refractivity contribution in [2.75, 3.05) is 26.2 Å². The van der Waals surface area contributed by atoms with Crippen LogP contribution in [0.5, 0.6) is 5.75 Å². The second kappa shape index (κ2) is 8.33. The quantitative estimate of drug-likeness (QED) is 0.798. The van der Waals surface area contributed by atoms with Crippen molar-refractivity contribution in [2.45, 2.75) is 38.2 Å². The highest BCUT2D eigenvalue weighted by Crippen LogP contribution is 2.31. The Labute approximate surface area is 156 Å². The second-order valence-electron chi connectivity index (χ2n) is 7.07. The van der Waals surface area contributed by atoms with Crippen LogP contribution in [0.1, 0.15) is 31.2 Å². The molecule has 0 bridgehead atoms. The summed E-state index contributed by atoms with van der Waals surface area (Å²) in [4.78, 5) is 2.39. The molecule has 0 amide bonds. The highest BCUT2D eigenvalue weighted by Gasteiger charge is 2.35. The molecule has 0 radical (unpaired) electrons. The summed E-state index contributed by atoms with van der Waals surface area (Å²) in [5.74, 6) is 4.83. The maximum Gasteiger partial charge on any atom is 0.170 e. The molecule has 138 valence electrons. The van der Waals surface area contributed by atoms with E-state index < -0.39 is 5.60 Å². The van der Waals surface area contributed by atoms with Crippen molar-refractivity contribution in [2.24, 2.45) is 5.73 Å². The van der Waals surface area contributed by atoms with E-state index in [1.165, 1.54) is 5.56 Å². The molecule has 0 atom stereocenters. The Morgan fingerprint density at radius 2 is 1.96 bits per heavy atom. The molecular weight excluding hydrogens is 324 g/mol. The SMILES string of the molecule is C#CC1(OC2=CC=C(N)CC2)CCN(CCOc2ccccc2C)CC1. The van der Waals surface area contributed by atoms with Gasteiger partial charge in [-0.15, -0.1) is 6.42 Å². The normalized spacial score (nSPS) is 19.8. The van der Waals surface area contributed by atoms with E-state index in [9.17, 15) is 0 Å². The van der Waals surface area contributed by atoms with Gasteiger partial charge in [-0.3, -0.25) is 4.90 Å². The average molecular weight is 352 g/mol. The van der Waals surface area contributed by atoms with Gasteiger partial charge in [-0.25, -0.2) is 0 Å². The Balaban J connectivity index is 1.47. The molecule has 0 spiro atoms. The van der Waals surface area contributed by atoms with Gasteiger partial charge < -0.3 is 15.2 Å². The number of rotatable bonds is 6. The molecule has 1 fully saturated rings. The first-order valence-electron chi connectivity index (χ1n) is 9.33. The zero-order valence-corrected chi connectivity index (χ0v) is 15.5. The number of para-hydroxylation sites is 1. The molecule has 3 rings (SSSR count). The topological polar surface area (TPSA) is 47.7 Å². The summed E-state index contributed by atoms with van der Waals surface area (Å²) in [7, 11) is 0. The zero-order valence-electron chi connectivity index (χ0n) is 15.5. The highest BCUT2D eigenvalue weighted by atomic mass is 16.5. The van der Waals surface area contributed by atoms with Crippen molar-refractivity contribution in [1.82, 2.24) is 4.90 Å². The lowest BCUT2D eigenvalue weighted by Crippen LogP contribution is -2.46. The van der Waals surface area contributed by atoms with Gasteiger partial charge in [0.25, 0.3) is 0 Å². The van der Waals surface area contributed by atoms with Crippen molar-refractivity contribution in [3.63, 3.8) is 0 Å². The minimum atomic E-state index is -0.487. The monoisotopic (exact) mass is 352 g/mol. The third-order valence-corrected chi connectivity index (χ3v) is 5.16. The van der Waals surface area contributed by atoms with Gasteiger partial charge in [0.05, 0.1) is 5.76 Å². The lowest BCUT2D eigenvalue weighted by molar-refractivity contribution is -0.00863. The van der Waals surface area contributed by atoms with Gasteiger partial charge in [0.2, 0.25) is 0 Å². The van der Waals surface area contributed by atoms with Gasteiger partial charge in [-0.05, 0) is 37.1 Å². The molecule has 1 aromatic rings. The number of terminal acetylenes is 1. The van der Waals surface area contributed by atoms with Crippen LogP contribution in [-0.2, 0) is 4.74 Å². The van der Waals surface area contributed by atoms with Crippen LogP contribution in [0.3, 0.4) is 0 Å². The fraction of sp³-hybridized carbons (Fsp3) is 0.455. The molecule has 0 unspecified atom stereocenters. The molecule has 1 aliphatic heterocycles. The van der Waals surface area contributed by atoms with Crippen molar-refractivity contribution in [1.29, 1.82) is 0 Å². The predicted molar refractivity (Wildman–Crippen MR) is 105 cm³/mol. The van der Waals surface area contributed by atoms with Crippen molar-refractivity contribution >= 4 is 0 Å². The second-order valence-corrected chi connectivity index (χ2v) is 7.07. The van der Waals surface area contributed by atoms with Crippen LogP contribution >= 0.6 is 0 Å². The summed E-state index contributed by atoms with van der Waals surface area (Å²) >= 11 is 0. The van der Waals surface area contributed by atoms with E-state index in [4.69, 9.17) is 21.6 Å². The van der Waals surface area contributed by atoms with Gasteiger partial charge in [-0.1, -0.05) is 24.1 Å². The van der Waals surface area contributed by atoms with Crippen LogP contribution in [-0.4, -0.2) is 36.7 Å². The molecule has 2 aliphatic rings. The summed E-state index contributed by atoms with van der Waals surface area (Å²) in [6.45, 7) is 5.50. The van der Waals surface area contributed by atoms with Crippen LogP contribution in [0.4, 0.5) is 0 Å². The molecule has 1 aliphatic carbocycles. The molecule has 0 saturated carbocycles. The summed E-state index contributed by atoms with van der Waals surface area (Å²) in [6, 6.07) is 8.11. The molecule has 26 heavy (non-hydrogen) atoms. The first-order valence-corrected chi connectivity index (χ1v) is 9.33. The Kier molecular flexibility index (Phi) is 5.90. The summed E-state index contributed by atoms with van der Waals surface area (Å²) in [6.07, 6.45) is 13.1. The lowest BCUT2D eigenvalue weighted by atomic mass is 9.91. The molecule has 2 N–H and O–H groups in total. The smallest absolute Gasteiger partial charge is 0.170 e. The van der Waals surface area contributed by atoms with E-state index in [1.807, 2.05) is 30.4 Å². The van der Waals surface area contributed by atoms with Gasteiger partial charge >= 0.3 is 0 Å². The maximum atomic E-state index is 6.22. The van der Waals surface area contributed by atoms with Crippen LogP contribution in [0.25, 0.3) is 0 Å². The third kappa shape index (κ3) is 4.62. The zero-order chi connectivity index (χ0) is 18.4. The molecule has 4 heteroatoms. The van der Waals surface area contributed by atoms with Gasteiger partial charge in [0.15, 0.2) is 5.60 Å². The first kappa shape index (κ1) is 18.4. The van der Waals surface area contributed by atoms with E-state index in [1.54, 1.807) is 0 Å². The molecule has 1 heterocycles. The van der Waals surface area contributed by atoms with Crippen molar-refractivity contribution in [3.05, 3.63) is 53.4 Å². The van der Waals surface area contributed by atoms with Crippen LogP contribution in [0.2, 0.25) is 0 Å². The van der Waals surface area contributed by atoms with Crippen LogP contribution in [0, 0.1) is 19.3 Å². The molecule has 1 saturated heterocycles. The lowest BCUT2D eigenvalue weighted by Gasteiger charge is -2.39. The molecule has 1 aromatic carbocycles. The maximum absolute atomic E-state index is 6.22.